The number of anilines is 1. The molecule has 0 amide bonds. The largest absolute Gasteiger partial charge is 0.385 e. The quantitative estimate of drug-likeness (QED) is 0.627. The first-order valence-electron chi connectivity index (χ1n) is 6.20. The van der Waals surface area contributed by atoms with Crippen molar-refractivity contribution in [3.63, 3.8) is 0 Å². The minimum absolute atomic E-state index is 0.00154. The number of nitrogens with two attached hydrogens (primary N) is 1. The van der Waals surface area contributed by atoms with E-state index in [0.717, 1.165) is 0 Å². The highest BCUT2D eigenvalue weighted by Gasteiger charge is 2.29. The number of nitrogens with zero attached hydrogens (tertiary/aromatic N) is 3. The fraction of sp³-hybridized carbons (Fsp3) is 0.727. The molecule has 9 heteroatoms. The standard InChI is InChI=1S/C11H22N4O4S/c1-14-9-13-10(12)11(14)20(16,17)15(6-8-19-3)5-4-7-18-2/h9H,4-8,12H2,1-3H3. The van der Waals surface area contributed by atoms with Crippen LogP contribution in [0.25, 0.3) is 0 Å². The zero-order valence-corrected chi connectivity index (χ0v) is 12.9. The molecular weight excluding hydrogens is 284 g/mol. The van der Waals surface area contributed by atoms with Gasteiger partial charge in [-0.3, -0.25) is 0 Å². The van der Waals surface area contributed by atoms with Gasteiger partial charge in [-0.25, -0.2) is 13.4 Å². The third kappa shape index (κ3) is 3.92. The van der Waals surface area contributed by atoms with E-state index >= 15 is 0 Å². The van der Waals surface area contributed by atoms with E-state index in [-0.39, 0.29) is 17.4 Å². The van der Waals surface area contributed by atoms with E-state index in [1.807, 2.05) is 0 Å². The lowest BCUT2D eigenvalue weighted by Gasteiger charge is -2.22. The smallest absolute Gasteiger partial charge is 0.262 e. The Balaban J connectivity index is 2.98. The van der Waals surface area contributed by atoms with E-state index < -0.39 is 10.0 Å². The molecule has 8 nitrogen and oxygen atoms in total. The van der Waals surface area contributed by atoms with Gasteiger partial charge in [0.25, 0.3) is 10.0 Å². The van der Waals surface area contributed by atoms with Gasteiger partial charge in [0.1, 0.15) is 0 Å². The summed E-state index contributed by atoms with van der Waals surface area (Å²) < 4.78 is 37.9. The van der Waals surface area contributed by atoms with Crippen molar-refractivity contribution < 1.29 is 17.9 Å². The molecule has 116 valence electrons. The molecular formula is C11H22N4O4S. The first-order valence-corrected chi connectivity index (χ1v) is 7.64. The second-order valence-corrected chi connectivity index (χ2v) is 6.14. The molecule has 1 aromatic rings. The van der Waals surface area contributed by atoms with Crippen molar-refractivity contribution in [1.82, 2.24) is 13.9 Å². The minimum Gasteiger partial charge on any atom is -0.385 e. The topological polar surface area (TPSA) is 99.7 Å². The lowest BCUT2D eigenvalue weighted by Crippen LogP contribution is -2.36. The van der Waals surface area contributed by atoms with E-state index in [1.54, 1.807) is 14.2 Å². The molecule has 1 rings (SSSR count). The second-order valence-electron chi connectivity index (χ2n) is 4.29. The summed E-state index contributed by atoms with van der Waals surface area (Å²) in [5.41, 5.74) is 5.66. The van der Waals surface area contributed by atoms with Crippen LogP contribution in [0.1, 0.15) is 6.42 Å². The maximum atomic E-state index is 12.6. The van der Waals surface area contributed by atoms with Crippen molar-refractivity contribution >= 4 is 15.8 Å². The Kier molecular flexibility index (Phi) is 6.40. The van der Waals surface area contributed by atoms with Crippen molar-refractivity contribution in [2.24, 2.45) is 7.05 Å². The van der Waals surface area contributed by atoms with Gasteiger partial charge in [-0.2, -0.15) is 4.31 Å². The summed E-state index contributed by atoms with van der Waals surface area (Å²) >= 11 is 0. The number of sulfonamides is 1. The number of nitrogen functional groups attached to an aromatic ring is 1. The van der Waals surface area contributed by atoms with Gasteiger partial charge in [0.2, 0.25) is 0 Å². The van der Waals surface area contributed by atoms with Crippen molar-refractivity contribution in [1.29, 1.82) is 0 Å². The lowest BCUT2D eigenvalue weighted by molar-refractivity contribution is 0.164. The normalized spacial score (nSPS) is 12.2. The molecule has 0 saturated heterocycles. The molecule has 20 heavy (non-hydrogen) atoms. The molecule has 2 N–H and O–H groups in total. The molecule has 0 bridgehead atoms. The molecule has 0 aliphatic rings. The highest BCUT2D eigenvalue weighted by Crippen LogP contribution is 2.20. The summed E-state index contributed by atoms with van der Waals surface area (Å²) in [6.45, 7) is 1.39. The van der Waals surface area contributed by atoms with Crippen LogP contribution in [0, 0.1) is 0 Å². The Morgan fingerprint density at radius 2 is 1.95 bits per heavy atom. The fourth-order valence-corrected chi connectivity index (χ4v) is 3.46. The van der Waals surface area contributed by atoms with Crippen molar-refractivity contribution in [2.75, 3.05) is 46.3 Å². The van der Waals surface area contributed by atoms with E-state index in [4.69, 9.17) is 15.2 Å². The summed E-state index contributed by atoms with van der Waals surface area (Å²) in [7, 11) is 1.00. The molecule has 0 fully saturated rings. The van der Waals surface area contributed by atoms with Crippen molar-refractivity contribution in [3.05, 3.63) is 6.33 Å². The summed E-state index contributed by atoms with van der Waals surface area (Å²) in [5.74, 6) is 0.00154. The summed E-state index contributed by atoms with van der Waals surface area (Å²) in [5, 5.41) is 0.00557. The Hall–Kier alpha value is -1.16. The predicted molar refractivity (Wildman–Crippen MR) is 74.7 cm³/mol. The van der Waals surface area contributed by atoms with Crippen LogP contribution in [-0.4, -0.2) is 62.8 Å². The zero-order chi connectivity index (χ0) is 15.2. The molecule has 0 aliphatic carbocycles. The monoisotopic (exact) mass is 306 g/mol. The van der Waals surface area contributed by atoms with Crippen LogP contribution in [0.5, 0.6) is 0 Å². The van der Waals surface area contributed by atoms with Gasteiger partial charge in [-0.1, -0.05) is 0 Å². The number of aromatic nitrogens is 2. The third-order valence-corrected chi connectivity index (χ3v) is 4.83. The number of hydrogen-bond acceptors (Lipinski definition) is 6. The van der Waals surface area contributed by atoms with Gasteiger partial charge in [0.05, 0.1) is 12.9 Å². The molecule has 0 atom stereocenters. The van der Waals surface area contributed by atoms with Crippen LogP contribution in [0.4, 0.5) is 5.82 Å². The zero-order valence-electron chi connectivity index (χ0n) is 12.1. The number of aryl methyl sites for hydroxylation is 1. The lowest BCUT2D eigenvalue weighted by atomic mass is 10.4. The first kappa shape index (κ1) is 16.9. The summed E-state index contributed by atoms with van der Waals surface area (Å²) in [6, 6.07) is 0. The maximum absolute atomic E-state index is 12.6. The Bertz CT molecular complexity index is 495. The molecule has 0 aromatic carbocycles. The molecule has 0 unspecified atom stereocenters. The Labute approximate surface area is 119 Å². The van der Waals surface area contributed by atoms with Crippen LogP contribution in [0.3, 0.4) is 0 Å². The van der Waals surface area contributed by atoms with E-state index in [2.05, 4.69) is 4.98 Å². The molecule has 0 spiro atoms. The van der Waals surface area contributed by atoms with Crippen LogP contribution < -0.4 is 5.73 Å². The van der Waals surface area contributed by atoms with E-state index in [1.165, 1.54) is 22.3 Å². The highest BCUT2D eigenvalue weighted by molar-refractivity contribution is 7.89. The van der Waals surface area contributed by atoms with Gasteiger partial charge in [0.15, 0.2) is 10.8 Å². The van der Waals surface area contributed by atoms with Gasteiger partial charge in [0, 0.05) is 41.0 Å². The summed E-state index contributed by atoms with van der Waals surface area (Å²) in [6.07, 6.45) is 1.98. The SMILES string of the molecule is COCCCN(CCOC)S(=O)(=O)c1c(N)ncn1C. The fourth-order valence-electron chi connectivity index (χ4n) is 1.80. The van der Waals surface area contributed by atoms with Crippen LogP contribution in [-0.2, 0) is 26.5 Å². The van der Waals surface area contributed by atoms with Gasteiger partial charge in [-0.15, -0.1) is 0 Å². The predicted octanol–water partition coefficient (Wildman–Crippen LogP) is -0.324. The Morgan fingerprint density at radius 1 is 1.30 bits per heavy atom. The van der Waals surface area contributed by atoms with Crippen molar-refractivity contribution in [3.8, 4) is 0 Å². The highest BCUT2D eigenvalue weighted by atomic mass is 32.2. The van der Waals surface area contributed by atoms with E-state index in [0.29, 0.717) is 26.2 Å². The molecule has 1 heterocycles. The average molecular weight is 306 g/mol. The molecule has 0 saturated carbocycles. The number of hydrogen-bond donors (Lipinski definition) is 1. The number of rotatable bonds is 9. The van der Waals surface area contributed by atoms with Gasteiger partial charge >= 0.3 is 0 Å². The maximum Gasteiger partial charge on any atom is 0.262 e. The van der Waals surface area contributed by atoms with Gasteiger partial charge in [-0.05, 0) is 6.42 Å². The number of methoxy groups -OCH3 is 2. The van der Waals surface area contributed by atoms with Crippen LogP contribution in [0.15, 0.2) is 11.4 Å². The average Bonchev–Trinajstić information content (AvgIpc) is 2.73. The third-order valence-electron chi connectivity index (χ3n) is 2.79. The molecule has 0 aliphatic heterocycles. The second kappa shape index (κ2) is 7.58. The van der Waals surface area contributed by atoms with Crippen LogP contribution >= 0.6 is 0 Å². The summed E-state index contributed by atoms with van der Waals surface area (Å²) in [4.78, 5) is 3.82. The molecule has 1 aromatic heterocycles. The number of ether oxygens (including phenoxy) is 2. The molecule has 0 radical (unpaired) electrons. The Morgan fingerprint density at radius 3 is 2.45 bits per heavy atom. The minimum atomic E-state index is -3.70. The van der Waals surface area contributed by atoms with Gasteiger partial charge < -0.3 is 19.8 Å². The number of imidazole rings is 1. The van der Waals surface area contributed by atoms with E-state index in [9.17, 15) is 8.42 Å². The van der Waals surface area contributed by atoms with Crippen LogP contribution in [0.2, 0.25) is 0 Å². The first-order chi connectivity index (χ1) is 9.45. The van der Waals surface area contributed by atoms with Crippen molar-refractivity contribution in [2.45, 2.75) is 11.4 Å².